The Morgan fingerprint density at radius 2 is 1.90 bits per heavy atom. The maximum atomic E-state index is 13.8. The van der Waals surface area contributed by atoms with Gasteiger partial charge in [0.15, 0.2) is 4.90 Å². The van der Waals surface area contributed by atoms with Crippen molar-refractivity contribution >= 4 is 40.3 Å². The summed E-state index contributed by atoms with van der Waals surface area (Å²) >= 11 is 11.4. The number of likely N-dealkylation sites (tertiary alicyclic amines) is 1. The third kappa shape index (κ3) is 6.36. The Kier molecular flexibility index (Phi) is 9.05. The molecular formula is C23H27Cl2FN2O2S. The lowest BCUT2D eigenvalue weighted by atomic mass is 10.0. The van der Waals surface area contributed by atoms with E-state index in [0.717, 1.165) is 31.5 Å². The number of carbonyl (C=O) groups is 1. The Labute approximate surface area is 196 Å². The van der Waals surface area contributed by atoms with Gasteiger partial charge in [-0.3, -0.25) is 9.69 Å². The van der Waals surface area contributed by atoms with Crippen molar-refractivity contribution in [2.75, 3.05) is 18.8 Å². The number of hydrogen-bond donors (Lipinski definition) is 1. The van der Waals surface area contributed by atoms with E-state index in [1.54, 1.807) is 30.3 Å². The number of rotatable bonds is 8. The smallest absolute Gasteiger partial charge is 0.251 e. The van der Waals surface area contributed by atoms with Crippen LogP contribution >= 0.6 is 23.2 Å². The number of benzene rings is 2. The van der Waals surface area contributed by atoms with Gasteiger partial charge in [0, 0.05) is 34.3 Å². The van der Waals surface area contributed by atoms with Crippen molar-refractivity contribution in [1.82, 2.24) is 10.2 Å². The minimum Gasteiger partial charge on any atom is -0.611 e. The fourth-order valence-corrected chi connectivity index (χ4v) is 5.25. The second-order valence-electron chi connectivity index (χ2n) is 7.64. The highest BCUT2D eigenvalue weighted by molar-refractivity contribution is 7.91. The minimum atomic E-state index is -1.17. The van der Waals surface area contributed by atoms with Crippen molar-refractivity contribution in [2.24, 2.45) is 0 Å². The van der Waals surface area contributed by atoms with E-state index in [0.29, 0.717) is 43.9 Å². The van der Waals surface area contributed by atoms with Crippen molar-refractivity contribution in [3.05, 3.63) is 62.6 Å². The molecule has 0 radical (unpaired) electrons. The summed E-state index contributed by atoms with van der Waals surface area (Å²) in [4.78, 5) is 15.7. The molecule has 1 unspecified atom stereocenters. The lowest BCUT2D eigenvalue weighted by Crippen LogP contribution is -2.30. The molecule has 1 aliphatic rings. The predicted molar refractivity (Wildman–Crippen MR) is 125 cm³/mol. The van der Waals surface area contributed by atoms with Crippen LogP contribution in [-0.2, 0) is 30.9 Å². The Balaban J connectivity index is 1.75. The summed E-state index contributed by atoms with van der Waals surface area (Å²) in [6, 6.07) is 8.27. The molecule has 1 N–H and O–H groups in total. The van der Waals surface area contributed by atoms with Crippen LogP contribution in [-0.4, -0.2) is 34.2 Å². The summed E-state index contributed by atoms with van der Waals surface area (Å²) in [5, 5.41) is 3.73. The molecule has 168 valence electrons. The summed E-state index contributed by atoms with van der Waals surface area (Å²) in [5.41, 5.74) is 2.19. The zero-order valence-corrected chi connectivity index (χ0v) is 19.9. The molecule has 1 fully saturated rings. The molecule has 4 nitrogen and oxygen atoms in total. The zero-order valence-electron chi connectivity index (χ0n) is 17.6. The molecule has 0 saturated carbocycles. The number of hydrogen-bond acceptors (Lipinski definition) is 3. The number of nitrogens with zero attached hydrogens (tertiary/aromatic N) is 1. The Bertz CT molecular complexity index is 923. The lowest BCUT2D eigenvalue weighted by Gasteiger charge is -2.27. The second kappa shape index (κ2) is 11.5. The molecule has 2 aromatic rings. The Morgan fingerprint density at radius 1 is 1.16 bits per heavy atom. The SMILES string of the molecule is CC[S+]([O-])c1ccc(Cl)cc1CNC(=O)c1cc(Cl)c(CN2CCCCC2)c(CF)c1. The predicted octanol–water partition coefficient (Wildman–Crippen LogP) is 5.51. The van der Waals surface area contributed by atoms with Crippen LogP contribution < -0.4 is 5.32 Å². The first-order valence-corrected chi connectivity index (χ1v) is 12.5. The molecule has 8 heteroatoms. The second-order valence-corrected chi connectivity index (χ2v) is 10.2. The average molecular weight is 485 g/mol. The quantitative estimate of drug-likeness (QED) is 0.502. The normalized spacial score (nSPS) is 15.6. The van der Waals surface area contributed by atoms with Gasteiger partial charge in [-0.05, 0) is 85.5 Å². The van der Waals surface area contributed by atoms with Crippen molar-refractivity contribution in [3.8, 4) is 0 Å². The number of nitrogens with one attached hydrogen (secondary N) is 1. The summed E-state index contributed by atoms with van der Waals surface area (Å²) in [5.74, 6) is 0.102. The van der Waals surface area contributed by atoms with Gasteiger partial charge in [-0.15, -0.1) is 0 Å². The van der Waals surface area contributed by atoms with Crippen LogP contribution in [0.5, 0.6) is 0 Å². The van der Waals surface area contributed by atoms with Gasteiger partial charge in [0.25, 0.3) is 5.91 Å². The van der Waals surface area contributed by atoms with Gasteiger partial charge in [0.05, 0.1) is 0 Å². The third-order valence-corrected chi connectivity index (χ3v) is 7.48. The zero-order chi connectivity index (χ0) is 22.4. The number of alkyl halides is 1. The third-order valence-electron chi connectivity index (χ3n) is 5.49. The van der Waals surface area contributed by atoms with E-state index in [-0.39, 0.29) is 12.5 Å². The number of piperidine rings is 1. The minimum absolute atomic E-state index is 0.165. The molecule has 0 aromatic heterocycles. The molecule has 31 heavy (non-hydrogen) atoms. The topological polar surface area (TPSA) is 55.4 Å². The molecule has 1 heterocycles. The van der Waals surface area contributed by atoms with Crippen LogP contribution in [0.3, 0.4) is 0 Å². The summed E-state index contributed by atoms with van der Waals surface area (Å²) in [6.07, 6.45) is 3.49. The highest BCUT2D eigenvalue weighted by Crippen LogP contribution is 2.27. The first-order chi connectivity index (χ1) is 14.9. The maximum Gasteiger partial charge on any atom is 0.251 e. The maximum absolute atomic E-state index is 13.8. The van der Waals surface area contributed by atoms with Crippen LogP contribution in [0.4, 0.5) is 4.39 Å². The van der Waals surface area contributed by atoms with Gasteiger partial charge in [-0.25, -0.2) is 4.39 Å². The summed E-state index contributed by atoms with van der Waals surface area (Å²) in [7, 11) is 0. The molecule has 0 aliphatic carbocycles. The fourth-order valence-electron chi connectivity index (χ4n) is 3.80. The van der Waals surface area contributed by atoms with Gasteiger partial charge in [-0.1, -0.05) is 29.6 Å². The van der Waals surface area contributed by atoms with E-state index in [9.17, 15) is 13.7 Å². The standard InChI is InChI=1S/C23H27Cl2FN2O2S/c1-2-31(30)22-7-6-19(24)11-18(22)14-27-23(29)16-10-17(13-26)20(21(25)12-16)15-28-8-4-3-5-9-28/h6-7,10-12H,2-5,8-9,13-15H2,1H3,(H,27,29). The van der Waals surface area contributed by atoms with E-state index < -0.39 is 17.9 Å². The van der Waals surface area contributed by atoms with E-state index in [1.807, 2.05) is 6.92 Å². The van der Waals surface area contributed by atoms with Crippen LogP contribution in [0.1, 0.15) is 53.2 Å². The first-order valence-electron chi connectivity index (χ1n) is 10.5. The summed E-state index contributed by atoms with van der Waals surface area (Å²) in [6.45, 7) is 3.86. The van der Waals surface area contributed by atoms with E-state index in [2.05, 4.69) is 10.2 Å². The van der Waals surface area contributed by atoms with Crippen LogP contribution in [0.2, 0.25) is 10.0 Å². The molecule has 0 spiro atoms. The highest BCUT2D eigenvalue weighted by Gasteiger charge is 2.19. The molecule has 1 aliphatic heterocycles. The highest BCUT2D eigenvalue weighted by atomic mass is 35.5. The van der Waals surface area contributed by atoms with E-state index in [4.69, 9.17) is 23.2 Å². The van der Waals surface area contributed by atoms with Gasteiger partial charge in [0.1, 0.15) is 12.4 Å². The molecule has 2 aromatic carbocycles. The average Bonchev–Trinajstić information content (AvgIpc) is 2.78. The van der Waals surface area contributed by atoms with Crippen LogP contribution in [0.25, 0.3) is 0 Å². The summed E-state index contributed by atoms with van der Waals surface area (Å²) < 4.78 is 26.1. The van der Waals surface area contributed by atoms with Crippen molar-refractivity contribution in [2.45, 2.75) is 50.8 Å². The molecule has 1 amide bonds. The number of carbonyl (C=O) groups excluding carboxylic acids is 1. The van der Waals surface area contributed by atoms with Crippen molar-refractivity contribution < 1.29 is 13.7 Å². The van der Waals surface area contributed by atoms with Crippen LogP contribution in [0.15, 0.2) is 35.2 Å². The largest absolute Gasteiger partial charge is 0.611 e. The monoisotopic (exact) mass is 484 g/mol. The van der Waals surface area contributed by atoms with Crippen molar-refractivity contribution in [3.63, 3.8) is 0 Å². The molecule has 1 saturated heterocycles. The molecule has 1 atom stereocenters. The number of amides is 1. The van der Waals surface area contributed by atoms with Gasteiger partial charge in [0.2, 0.25) is 0 Å². The number of halogens is 3. The molecular weight excluding hydrogens is 458 g/mol. The van der Waals surface area contributed by atoms with Gasteiger partial charge in [-0.2, -0.15) is 0 Å². The first kappa shape index (κ1) is 24.3. The van der Waals surface area contributed by atoms with Gasteiger partial charge < -0.3 is 9.87 Å². The lowest BCUT2D eigenvalue weighted by molar-refractivity contribution is 0.0950. The van der Waals surface area contributed by atoms with Gasteiger partial charge >= 0.3 is 0 Å². The van der Waals surface area contributed by atoms with Crippen LogP contribution in [0, 0.1) is 0 Å². The Morgan fingerprint density at radius 3 is 2.58 bits per heavy atom. The van der Waals surface area contributed by atoms with Crippen molar-refractivity contribution in [1.29, 1.82) is 0 Å². The Hall–Kier alpha value is -1.31. The fraction of sp³-hybridized carbons (Fsp3) is 0.435. The molecule has 0 bridgehead atoms. The van der Waals surface area contributed by atoms with E-state index in [1.165, 1.54) is 6.42 Å². The van der Waals surface area contributed by atoms with E-state index >= 15 is 0 Å². The molecule has 3 rings (SSSR count).